The Morgan fingerprint density at radius 1 is 1.14 bits per heavy atom. The van der Waals surface area contributed by atoms with Crippen molar-refractivity contribution in [3.8, 4) is 0 Å². The Bertz CT molecular complexity index is 739. The van der Waals surface area contributed by atoms with Crippen molar-refractivity contribution < 1.29 is 8.42 Å². The normalized spacial score (nSPS) is 18.2. The second-order valence-corrected chi connectivity index (χ2v) is 10.7. The van der Waals surface area contributed by atoms with Crippen LogP contribution in [-0.2, 0) is 9.84 Å². The van der Waals surface area contributed by atoms with Gasteiger partial charge in [0.05, 0.1) is 11.3 Å². The van der Waals surface area contributed by atoms with Gasteiger partial charge in [0.2, 0.25) is 0 Å². The molecule has 1 unspecified atom stereocenters. The van der Waals surface area contributed by atoms with E-state index in [0.29, 0.717) is 6.04 Å². The van der Waals surface area contributed by atoms with Gasteiger partial charge >= 0.3 is 0 Å². The second kappa shape index (κ2) is 9.74. The van der Waals surface area contributed by atoms with Gasteiger partial charge in [-0.25, -0.2) is 8.42 Å². The molecule has 0 saturated carbocycles. The van der Waals surface area contributed by atoms with Gasteiger partial charge in [0.1, 0.15) is 0 Å². The monoisotopic (exact) mass is 408 g/mol. The van der Waals surface area contributed by atoms with Crippen LogP contribution < -0.4 is 5.32 Å². The summed E-state index contributed by atoms with van der Waals surface area (Å²) in [5, 5.41) is 3.33. The van der Waals surface area contributed by atoms with Crippen molar-refractivity contribution in [3.63, 3.8) is 0 Å². The Balaban J connectivity index is 2.05. The third-order valence-corrected chi connectivity index (χ3v) is 7.71. The predicted molar refractivity (Wildman–Crippen MR) is 118 cm³/mol. The van der Waals surface area contributed by atoms with Crippen LogP contribution in [0.4, 0.5) is 0 Å². The number of piperazine rings is 1. The van der Waals surface area contributed by atoms with Gasteiger partial charge in [0.25, 0.3) is 0 Å². The van der Waals surface area contributed by atoms with E-state index in [1.165, 1.54) is 11.8 Å². The summed E-state index contributed by atoms with van der Waals surface area (Å²) in [5.74, 6) is 0.812. The number of benzene rings is 1. The van der Waals surface area contributed by atoms with Crippen LogP contribution >= 0.6 is 0 Å². The highest BCUT2D eigenvalue weighted by Crippen LogP contribution is 2.25. The molecule has 1 aromatic carbocycles. The molecule has 0 amide bonds. The van der Waals surface area contributed by atoms with E-state index in [1.54, 1.807) is 13.8 Å². The van der Waals surface area contributed by atoms with E-state index >= 15 is 0 Å². The molecule has 0 radical (unpaired) electrons. The molecular formula is C21H36N4O2S. The molecule has 1 heterocycles. The smallest absolute Gasteiger partial charge is 0.194 e. The average Bonchev–Trinajstić information content (AvgIpc) is 2.66. The molecule has 0 spiro atoms. The highest BCUT2D eigenvalue weighted by molar-refractivity contribution is 7.92. The van der Waals surface area contributed by atoms with Gasteiger partial charge in [-0.3, -0.25) is 9.89 Å². The van der Waals surface area contributed by atoms with Gasteiger partial charge in [-0.05, 0) is 32.8 Å². The Kier molecular flexibility index (Phi) is 7.89. The first-order chi connectivity index (χ1) is 13.2. The Morgan fingerprint density at radius 2 is 1.75 bits per heavy atom. The Labute approximate surface area is 170 Å². The summed E-state index contributed by atoms with van der Waals surface area (Å²) in [6.07, 6.45) is 2.36. The summed E-state index contributed by atoms with van der Waals surface area (Å²) in [7, 11) is -3.16. The van der Waals surface area contributed by atoms with E-state index in [2.05, 4.69) is 57.4 Å². The quantitative estimate of drug-likeness (QED) is 0.555. The molecule has 6 nitrogen and oxygen atoms in total. The summed E-state index contributed by atoms with van der Waals surface area (Å²) in [5.41, 5.74) is 1.37. The maximum atomic E-state index is 12.0. The molecule has 0 aliphatic carbocycles. The third-order valence-electron chi connectivity index (χ3n) is 5.57. The summed E-state index contributed by atoms with van der Waals surface area (Å²) in [6.45, 7) is 12.5. The minimum atomic E-state index is -3.16. The summed E-state index contributed by atoms with van der Waals surface area (Å²) in [6, 6.07) is 11.1. The van der Waals surface area contributed by atoms with E-state index in [4.69, 9.17) is 0 Å². The molecule has 1 saturated heterocycles. The number of hydrogen-bond acceptors (Lipinski definition) is 4. The predicted octanol–water partition coefficient (Wildman–Crippen LogP) is 2.54. The zero-order valence-corrected chi connectivity index (χ0v) is 18.8. The SMILES string of the molecule is CCNC(=NCC(C)(C)S(C)(=O)=O)N1CCN(C(CC)c2ccccc2)CC1. The number of sulfone groups is 1. The number of rotatable bonds is 7. The van der Waals surface area contributed by atoms with Crippen LogP contribution in [0.3, 0.4) is 0 Å². The molecule has 1 aliphatic rings. The number of nitrogens with zero attached hydrogens (tertiary/aromatic N) is 3. The van der Waals surface area contributed by atoms with Gasteiger partial charge in [0, 0.05) is 45.0 Å². The van der Waals surface area contributed by atoms with E-state index in [9.17, 15) is 8.42 Å². The molecule has 1 fully saturated rings. The molecule has 1 N–H and O–H groups in total. The number of guanidine groups is 1. The summed E-state index contributed by atoms with van der Waals surface area (Å²) in [4.78, 5) is 9.44. The van der Waals surface area contributed by atoms with Crippen LogP contribution in [0.15, 0.2) is 35.3 Å². The van der Waals surface area contributed by atoms with E-state index in [0.717, 1.165) is 45.1 Å². The van der Waals surface area contributed by atoms with Crippen molar-refractivity contribution in [2.24, 2.45) is 4.99 Å². The van der Waals surface area contributed by atoms with Crippen LogP contribution in [0.5, 0.6) is 0 Å². The minimum absolute atomic E-state index is 0.260. The fourth-order valence-electron chi connectivity index (χ4n) is 3.43. The van der Waals surface area contributed by atoms with Crippen LogP contribution in [0.25, 0.3) is 0 Å². The van der Waals surface area contributed by atoms with Gasteiger partial charge in [0.15, 0.2) is 15.8 Å². The summed E-state index contributed by atoms with van der Waals surface area (Å²) < 4.78 is 23.1. The lowest BCUT2D eigenvalue weighted by Gasteiger charge is -2.40. The molecule has 0 aromatic heterocycles. The van der Waals surface area contributed by atoms with Gasteiger partial charge in [-0.15, -0.1) is 0 Å². The molecule has 1 atom stereocenters. The van der Waals surface area contributed by atoms with Crippen molar-refractivity contribution in [3.05, 3.63) is 35.9 Å². The standard InChI is InChI=1S/C21H36N4O2S/c1-6-19(18-11-9-8-10-12-18)24-13-15-25(16-14-24)20(22-7-2)23-17-21(3,4)28(5,26)27/h8-12,19H,6-7,13-17H2,1-5H3,(H,22,23). The molecule has 2 rings (SSSR count). The van der Waals surface area contributed by atoms with Crippen LogP contribution in [0.1, 0.15) is 45.7 Å². The fraction of sp³-hybridized carbons (Fsp3) is 0.667. The zero-order valence-electron chi connectivity index (χ0n) is 18.0. The van der Waals surface area contributed by atoms with Crippen LogP contribution in [-0.4, -0.2) is 74.4 Å². The molecular weight excluding hydrogens is 372 g/mol. The lowest BCUT2D eigenvalue weighted by molar-refractivity contribution is 0.127. The first-order valence-electron chi connectivity index (χ1n) is 10.2. The molecule has 1 aromatic rings. The maximum absolute atomic E-state index is 12.0. The van der Waals surface area contributed by atoms with Crippen LogP contribution in [0.2, 0.25) is 0 Å². The number of aliphatic imine (C=N–C) groups is 1. The van der Waals surface area contributed by atoms with Crippen molar-refractivity contribution in [1.29, 1.82) is 0 Å². The maximum Gasteiger partial charge on any atom is 0.194 e. The van der Waals surface area contributed by atoms with Crippen LogP contribution in [0, 0.1) is 0 Å². The van der Waals surface area contributed by atoms with Crippen molar-refractivity contribution >= 4 is 15.8 Å². The zero-order chi connectivity index (χ0) is 20.8. The Morgan fingerprint density at radius 3 is 2.25 bits per heavy atom. The van der Waals surface area contributed by atoms with Gasteiger partial charge in [-0.2, -0.15) is 0 Å². The van der Waals surface area contributed by atoms with E-state index < -0.39 is 14.6 Å². The van der Waals surface area contributed by atoms with E-state index in [1.807, 2.05) is 6.92 Å². The molecule has 158 valence electrons. The number of hydrogen-bond donors (Lipinski definition) is 1. The number of nitrogens with one attached hydrogen (secondary N) is 1. The Hall–Kier alpha value is -1.60. The molecule has 28 heavy (non-hydrogen) atoms. The molecule has 7 heteroatoms. The van der Waals surface area contributed by atoms with Crippen molar-refractivity contribution in [1.82, 2.24) is 15.1 Å². The third kappa shape index (κ3) is 5.70. The largest absolute Gasteiger partial charge is 0.357 e. The highest BCUT2D eigenvalue weighted by atomic mass is 32.2. The van der Waals surface area contributed by atoms with Crippen molar-refractivity contribution in [2.45, 2.75) is 44.9 Å². The van der Waals surface area contributed by atoms with Crippen molar-refractivity contribution in [2.75, 3.05) is 45.5 Å². The second-order valence-electron chi connectivity index (χ2n) is 8.06. The average molecular weight is 409 g/mol. The lowest BCUT2D eigenvalue weighted by atomic mass is 10.0. The first kappa shape index (κ1) is 22.7. The molecule has 0 bridgehead atoms. The lowest BCUT2D eigenvalue weighted by Crippen LogP contribution is -2.53. The van der Waals surface area contributed by atoms with Gasteiger partial charge in [-0.1, -0.05) is 37.3 Å². The van der Waals surface area contributed by atoms with E-state index in [-0.39, 0.29) is 6.54 Å². The molecule has 1 aliphatic heterocycles. The summed E-state index contributed by atoms with van der Waals surface area (Å²) >= 11 is 0. The minimum Gasteiger partial charge on any atom is -0.357 e. The fourth-order valence-corrected chi connectivity index (χ4v) is 3.73. The highest BCUT2D eigenvalue weighted by Gasteiger charge is 2.31. The first-order valence-corrected chi connectivity index (χ1v) is 12.1. The topological polar surface area (TPSA) is 65.0 Å². The van der Waals surface area contributed by atoms with Gasteiger partial charge < -0.3 is 10.2 Å².